The molecule has 1 aromatic heterocycles. The number of nitrogens with zero attached hydrogens (tertiary/aromatic N) is 1. The van der Waals surface area contributed by atoms with E-state index in [1.165, 1.54) is 7.11 Å². The van der Waals surface area contributed by atoms with Crippen LogP contribution in [0.2, 0.25) is 0 Å². The van der Waals surface area contributed by atoms with Crippen molar-refractivity contribution < 1.29 is 19.5 Å². The first kappa shape index (κ1) is 13.1. The molecule has 0 bridgehead atoms. The van der Waals surface area contributed by atoms with Crippen LogP contribution >= 0.6 is 0 Å². The average Bonchev–Trinajstić information content (AvgIpc) is 2.44. The van der Waals surface area contributed by atoms with Crippen LogP contribution in [-0.2, 0) is 0 Å². The van der Waals surface area contributed by atoms with E-state index < -0.39 is 5.91 Å². The maximum Gasteiger partial charge on any atom is 0.293 e. The molecule has 0 spiro atoms. The predicted molar refractivity (Wildman–Crippen MR) is 68.8 cm³/mol. The number of aryl methyl sites for hydroxylation is 1. The van der Waals surface area contributed by atoms with Gasteiger partial charge in [0, 0.05) is 11.5 Å². The Bertz CT molecular complexity index is 640. The maximum absolute atomic E-state index is 11.4. The van der Waals surface area contributed by atoms with E-state index in [1.807, 2.05) is 6.92 Å². The molecule has 0 unspecified atom stereocenters. The molecule has 0 fully saturated rings. The third-order valence-electron chi connectivity index (χ3n) is 2.86. The molecule has 1 heterocycles. The summed E-state index contributed by atoms with van der Waals surface area (Å²) < 4.78 is 10.4. The standard InChI is InChI=1S/C13H14N2O4/c1-7-4-10(13(16)15-17)14-9-6-12(19-3)11(18-2)5-8(7)9/h4-6,17H,1-3H3,(H,15,16). The number of ether oxygens (including phenoxy) is 2. The van der Waals surface area contributed by atoms with Gasteiger partial charge in [0.1, 0.15) is 5.69 Å². The van der Waals surface area contributed by atoms with Crippen molar-refractivity contribution in [2.45, 2.75) is 6.92 Å². The van der Waals surface area contributed by atoms with Crippen LogP contribution in [0.4, 0.5) is 0 Å². The van der Waals surface area contributed by atoms with Crippen molar-refractivity contribution in [1.82, 2.24) is 10.5 Å². The van der Waals surface area contributed by atoms with Crippen molar-refractivity contribution in [3.63, 3.8) is 0 Å². The highest BCUT2D eigenvalue weighted by Crippen LogP contribution is 2.32. The summed E-state index contributed by atoms with van der Waals surface area (Å²) in [5.41, 5.74) is 3.15. The fraction of sp³-hybridized carbons (Fsp3) is 0.231. The van der Waals surface area contributed by atoms with Gasteiger partial charge < -0.3 is 9.47 Å². The Labute approximate surface area is 109 Å². The van der Waals surface area contributed by atoms with E-state index in [0.29, 0.717) is 17.0 Å². The normalized spacial score (nSPS) is 10.3. The SMILES string of the molecule is COc1cc2nc(C(=O)NO)cc(C)c2cc1OC. The minimum Gasteiger partial charge on any atom is -0.493 e. The van der Waals surface area contributed by atoms with Gasteiger partial charge in [-0.15, -0.1) is 0 Å². The van der Waals surface area contributed by atoms with Gasteiger partial charge in [0.25, 0.3) is 5.91 Å². The number of fused-ring (bicyclic) bond motifs is 1. The molecule has 2 aromatic rings. The topological polar surface area (TPSA) is 80.7 Å². The number of aromatic nitrogens is 1. The summed E-state index contributed by atoms with van der Waals surface area (Å²) in [4.78, 5) is 15.6. The first-order valence-corrected chi connectivity index (χ1v) is 5.58. The van der Waals surface area contributed by atoms with Gasteiger partial charge in [-0.05, 0) is 24.6 Å². The summed E-state index contributed by atoms with van der Waals surface area (Å²) in [6, 6.07) is 5.09. The second kappa shape index (κ2) is 5.11. The Morgan fingerprint density at radius 1 is 1.21 bits per heavy atom. The number of hydrogen-bond acceptors (Lipinski definition) is 5. The van der Waals surface area contributed by atoms with Gasteiger partial charge in [-0.1, -0.05) is 0 Å². The molecule has 0 atom stereocenters. The quantitative estimate of drug-likeness (QED) is 0.649. The van der Waals surface area contributed by atoms with Gasteiger partial charge in [-0.2, -0.15) is 0 Å². The Balaban J connectivity index is 2.70. The highest BCUT2D eigenvalue weighted by atomic mass is 16.5. The fourth-order valence-corrected chi connectivity index (χ4v) is 1.90. The van der Waals surface area contributed by atoms with Crippen LogP contribution < -0.4 is 15.0 Å². The third-order valence-corrected chi connectivity index (χ3v) is 2.86. The monoisotopic (exact) mass is 262 g/mol. The molecule has 100 valence electrons. The number of nitrogens with one attached hydrogen (secondary N) is 1. The molecule has 1 amide bonds. The summed E-state index contributed by atoms with van der Waals surface area (Å²) in [5, 5.41) is 9.50. The summed E-state index contributed by atoms with van der Waals surface area (Å²) >= 11 is 0. The van der Waals surface area contributed by atoms with Crippen molar-refractivity contribution in [3.05, 3.63) is 29.5 Å². The van der Waals surface area contributed by atoms with E-state index in [4.69, 9.17) is 14.7 Å². The van der Waals surface area contributed by atoms with Gasteiger partial charge in [-0.3, -0.25) is 10.0 Å². The van der Waals surface area contributed by atoms with E-state index in [9.17, 15) is 4.79 Å². The van der Waals surface area contributed by atoms with Crippen LogP contribution in [0.5, 0.6) is 11.5 Å². The molecule has 0 aliphatic carbocycles. The lowest BCUT2D eigenvalue weighted by Gasteiger charge is -2.11. The molecule has 0 radical (unpaired) electrons. The van der Waals surface area contributed by atoms with Crippen LogP contribution in [-0.4, -0.2) is 30.3 Å². The summed E-state index contributed by atoms with van der Waals surface area (Å²) in [6.45, 7) is 1.85. The second-order valence-corrected chi connectivity index (χ2v) is 3.99. The highest BCUT2D eigenvalue weighted by molar-refractivity contribution is 5.96. The number of carbonyl (C=O) groups excluding carboxylic acids is 1. The minimum atomic E-state index is -0.653. The van der Waals surface area contributed by atoms with Crippen molar-refractivity contribution >= 4 is 16.8 Å². The van der Waals surface area contributed by atoms with E-state index in [1.54, 1.807) is 30.8 Å². The molecular formula is C13H14N2O4. The number of methoxy groups -OCH3 is 2. The van der Waals surface area contributed by atoms with Crippen LogP contribution in [0, 0.1) is 6.92 Å². The zero-order valence-corrected chi connectivity index (χ0v) is 10.9. The molecule has 0 saturated carbocycles. The highest BCUT2D eigenvalue weighted by Gasteiger charge is 2.13. The molecule has 1 aromatic carbocycles. The number of hydroxylamine groups is 1. The van der Waals surface area contributed by atoms with Gasteiger partial charge in [0.15, 0.2) is 11.5 Å². The van der Waals surface area contributed by atoms with E-state index in [0.717, 1.165) is 10.9 Å². The van der Waals surface area contributed by atoms with Gasteiger partial charge in [-0.25, -0.2) is 10.5 Å². The average molecular weight is 262 g/mol. The minimum absolute atomic E-state index is 0.139. The number of rotatable bonds is 3. The van der Waals surface area contributed by atoms with E-state index >= 15 is 0 Å². The maximum atomic E-state index is 11.4. The second-order valence-electron chi connectivity index (χ2n) is 3.99. The first-order valence-electron chi connectivity index (χ1n) is 5.58. The summed E-state index contributed by atoms with van der Waals surface area (Å²) in [5.74, 6) is 0.475. The van der Waals surface area contributed by atoms with Crippen molar-refractivity contribution in [2.75, 3.05) is 14.2 Å². The molecule has 0 aliphatic rings. The smallest absolute Gasteiger partial charge is 0.293 e. The van der Waals surface area contributed by atoms with Gasteiger partial charge >= 0.3 is 0 Å². The Hall–Kier alpha value is -2.34. The van der Waals surface area contributed by atoms with Crippen molar-refractivity contribution in [3.8, 4) is 11.5 Å². The molecule has 2 rings (SSSR count). The fourth-order valence-electron chi connectivity index (χ4n) is 1.90. The summed E-state index contributed by atoms with van der Waals surface area (Å²) in [7, 11) is 3.08. The third kappa shape index (κ3) is 2.30. The van der Waals surface area contributed by atoms with Crippen molar-refractivity contribution in [2.24, 2.45) is 0 Å². The summed E-state index contributed by atoms with van der Waals surface area (Å²) in [6.07, 6.45) is 0. The molecule has 0 aliphatic heterocycles. The lowest BCUT2D eigenvalue weighted by atomic mass is 10.1. The number of carbonyl (C=O) groups is 1. The lowest BCUT2D eigenvalue weighted by Crippen LogP contribution is -2.20. The van der Waals surface area contributed by atoms with E-state index in [-0.39, 0.29) is 5.69 Å². The number of amides is 1. The Morgan fingerprint density at radius 3 is 2.42 bits per heavy atom. The zero-order valence-electron chi connectivity index (χ0n) is 10.9. The van der Waals surface area contributed by atoms with Gasteiger partial charge in [0.05, 0.1) is 19.7 Å². The van der Waals surface area contributed by atoms with Crippen LogP contribution in [0.1, 0.15) is 16.1 Å². The molecule has 0 saturated heterocycles. The predicted octanol–water partition coefficient (Wildman–Crippen LogP) is 1.68. The molecule has 6 nitrogen and oxygen atoms in total. The number of hydrogen-bond donors (Lipinski definition) is 2. The Kier molecular flexibility index (Phi) is 3.52. The molecule has 19 heavy (non-hydrogen) atoms. The van der Waals surface area contributed by atoms with E-state index in [2.05, 4.69) is 4.98 Å². The lowest BCUT2D eigenvalue weighted by molar-refractivity contribution is 0.0701. The largest absolute Gasteiger partial charge is 0.493 e. The van der Waals surface area contributed by atoms with Crippen molar-refractivity contribution in [1.29, 1.82) is 0 Å². The zero-order chi connectivity index (χ0) is 14.0. The number of pyridine rings is 1. The van der Waals surface area contributed by atoms with Crippen LogP contribution in [0.25, 0.3) is 10.9 Å². The Morgan fingerprint density at radius 2 is 1.84 bits per heavy atom. The first-order chi connectivity index (χ1) is 9.10. The molecular weight excluding hydrogens is 248 g/mol. The molecule has 6 heteroatoms. The number of benzene rings is 1. The van der Waals surface area contributed by atoms with Crippen LogP contribution in [0.15, 0.2) is 18.2 Å². The van der Waals surface area contributed by atoms with Crippen LogP contribution in [0.3, 0.4) is 0 Å². The van der Waals surface area contributed by atoms with Gasteiger partial charge in [0.2, 0.25) is 0 Å². The molecule has 2 N–H and O–H groups in total.